The van der Waals surface area contributed by atoms with Gasteiger partial charge in [0.15, 0.2) is 0 Å². The fraction of sp³-hybridized carbons (Fsp3) is 0.273. The average Bonchev–Trinajstić information content (AvgIpc) is 3.38. The largest absolute Gasteiger partial charge is 0.396 e. The molecule has 0 fully saturated rings. The minimum absolute atomic E-state index is 0.0499. The second kappa shape index (κ2) is 8.35. The second-order valence-corrected chi connectivity index (χ2v) is 7.23. The molecular formula is C22H23N7O. The summed E-state index contributed by atoms with van der Waals surface area (Å²) in [4.78, 5) is 8.72. The summed E-state index contributed by atoms with van der Waals surface area (Å²) in [5.74, 6) is 0.480. The van der Waals surface area contributed by atoms with E-state index in [1.54, 1.807) is 18.5 Å². The molecular weight excluding hydrogens is 378 g/mol. The van der Waals surface area contributed by atoms with Crippen LogP contribution < -0.4 is 5.73 Å². The molecule has 0 aromatic carbocycles. The van der Waals surface area contributed by atoms with Crippen LogP contribution in [0.25, 0.3) is 22.8 Å². The molecule has 3 aromatic heterocycles. The standard InChI is InChI=1S/C22H23N7O/c1-15-4-6-16(7-5-15)19-18(12-17(13-23)29-10-2-8-27-29)28(9-3-11-30)22-20(19)21(24)25-14-26-22/h2,4-6,8,10,12,14,16,30H,3,7,9,11H2,1H3,(H2,24,25,26). The van der Waals surface area contributed by atoms with Gasteiger partial charge in [-0.05, 0) is 37.5 Å². The molecule has 1 unspecified atom stereocenters. The third kappa shape index (κ3) is 3.51. The SMILES string of the molecule is CC1=CCC(c2c(C=C(C#N)n3cccn3)n(CCCO)c3ncnc(N)c23)C=C1. The molecule has 0 aliphatic heterocycles. The second-order valence-electron chi connectivity index (χ2n) is 7.23. The molecule has 0 radical (unpaired) electrons. The van der Waals surface area contributed by atoms with Gasteiger partial charge in [-0.2, -0.15) is 10.4 Å². The molecule has 4 rings (SSSR count). The van der Waals surface area contributed by atoms with E-state index in [4.69, 9.17) is 5.73 Å². The zero-order valence-corrected chi connectivity index (χ0v) is 16.7. The van der Waals surface area contributed by atoms with Gasteiger partial charge in [-0.25, -0.2) is 14.6 Å². The van der Waals surface area contributed by atoms with E-state index in [0.29, 0.717) is 30.1 Å². The Morgan fingerprint density at radius 2 is 2.30 bits per heavy atom. The van der Waals surface area contributed by atoms with E-state index in [2.05, 4.69) is 46.3 Å². The summed E-state index contributed by atoms with van der Waals surface area (Å²) in [7, 11) is 0. The molecule has 1 aliphatic carbocycles. The number of hydrogen-bond donors (Lipinski definition) is 2. The number of nitriles is 1. The Bertz CT molecular complexity index is 1190. The predicted octanol–water partition coefficient (Wildman–Crippen LogP) is 3.10. The van der Waals surface area contributed by atoms with Crippen molar-refractivity contribution < 1.29 is 5.11 Å². The van der Waals surface area contributed by atoms with Crippen molar-refractivity contribution in [3.63, 3.8) is 0 Å². The molecule has 1 atom stereocenters. The molecule has 3 N–H and O–H groups in total. The monoisotopic (exact) mass is 401 g/mol. The minimum Gasteiger partial charge on any atom is -0.396 e. The van der Waals surface area contributed by atoms with Crippen LogP contribution in [-0.4, -0.2) is 36.0 Å². The summed E-state index contributed by atoms with van der Waals surface area (Å²) >= 11 is 0. The van der Waals surface area contributed by atoms with Crippen LogP contribution in [0.1, 0.15) is 36.9 Å². The number of aromatic nitrogens is 5. The first-order valence-corrected chi connectivity index (χ1v) is 9.84. The Hall–Kier alpha value is -3.70. The third-order valence-electron chi connectivity index (χ3n) is 5.28. The van der Waals surface area contributed by atoms with Crippen molar-refractivity contribution >= 4 is 28.6 Å². The van der Waals surface area contributed by atoms with Gasteiger partial charge in [0.1, 0.15) is 29.6 Å². The van der Waals surface area contributed by atoms with Gasteiger partial charge in [-0.3, -0.25) is 0 Å². The molecule has 0 spiro atoms. The fourth-order valence-corrected chi connectivity index (χ4v) is 3.86. The van der Waals surface area contributed by atoms with Crippen molar-refractivity contribution in [2.45, 2.75) is 32.2 Å². The number of aryl methyl sites for hydroxylation is 1. The highest BCUT2D eigenvalue weighted by atomic mass is 16.3. The van der Waals surface area contributed by atoms with Crippen LogP contribution in [0.4, 0.5) is 5.82 Å². The number of nitrogens with zero attached hydrogens (tertiary/aromatic N) is 6. The average molecular weight is 401 g/mol. The highest BCUT2D eigenvalue weighted by Gasteiger charge is 2.25. The van der Waals surface area contributed by atoms with Gasteiger partial charge in [0.05, 0.1) is 5.39 Å². The third-order valence-corrected chi connectivity index (χ3v) is 5.28. The van der Waals surface area contributed by atoms with E-state index in [0.717, 1.165) is 23.1 Å². The molecule has 1 aliphatic rings. The Morgan fingerprint density at radius 3 is 2.97 bits per heavy atom. The zero-order valence-electron chi connectivity index (χ0n) is 16.7. The summed E-state index contributed by atoms with van der Waals surface area (Å²) in [5, 5.41) is 24.2. The smallest absolute Gasteiger partial charge is 0.146 e. The van der Waals surface area contributed by atoms with Crippen LogP contribution in [0.2, 0.25) is 0 Å². The summed E-state index contributed by atoms with van der Waals surface area (Å²) < 4.78 is 3.55. The lowest BCUT2D eigenvalue weighted by Gasteiger charge is -2.17. The summed E-state index contributed by atoms with van der Waals surface area (Å²) in [6.07, 6.45) is 14.4. The summed E-state index contributed by atoms with van der Waals surface area (Å²) in [6.45, 7) is 2.66. The van der Waals surface area contributed by atoms with Gasteiger partial charge in [0.25, 0.3) is 0 Å². The zero-order chi connectivity index (χ0) is 21.1. The van der Waals surface area contributed by atoms with Crippen molar-refractivity contribution in [2.75, 3.05) is 12.3 Å². The van der Waals surface area contributed by atoms with Gasteiger partial charge >= 0.3 is 0 Å². The molecule has 0 bridgehead atoms. The Balaban J connectivity index is 2.01. The highest BCUT2D eigenvalue weighted by Crippen LogP contribution is 2.39. The molecule has 3 aromatic rings. The van der Waals surface area contributed by atoms with Gasteiger partial charge in [0, 0.05) is 37.2 Å². The number of aliphatic hydroxyl groups excluding tert-OH is 1. The number of nitrogen functional groups attached to an aromatic ring is 1. The van der Waals surface area contributed by atoms with E-state index < -0.39 is 0 Å². The summed E-state index contributed by atoms with van der Waals surface area (Å²) in [6, 6.07) is 4.01. The van der Waals surface area contributed by atoms with Crippen LogP contribution in [0, 0.1) is 11.3 Å². The number of allylic oxidation sites excluding steroid dienone is 5. The number of nitrogens with two attached hydrogens (primary N) is 1. The number of rotatable bonds is 6. The lowest BCUT2D eigenvalue weighted by atomic mass is 9.88. The molecule has 0 saturated carbocycles. The van der Waals surface area contributed by atoms with Gasteiger partial charge in [-0.1, -0.05) is 23.8 Å². The van der Waals surface area contributed by atoms with Crippen LogP contribution >= 0.6 is 0 Å². The minimum atomic E-state index is 0.0499. The molecule has 0 saturated heterocycles. The Kier molecular flexibility index (Phi) is 5.46. The molecule has 3 heterocycles. The predicted molar refractivity (Wildman–Crippen MR) is 116 cm³/mol. The van der Waals surface area contributed by atoms with Crippen molar-refractivity contribution in [2.24, 2.45) is 0 Å². The first kappa shape index (κ1) is 19.6. The van der Waals surface area contributed by atoms with E-state index in [1.165, 1.54) is 16.6 Å². The number of aliphatic hydroxyl groups is 1. The molecule has 8 heteroatoms. The van der Waals surface area contributed by atoms with E-state index in [-0.39, 0.29) is 12.5 Å². The fourth-order valence-electron chi connectivity index (χ4n) is 3.86. The number of anilines is 1. The van der Waals surface area contributed by atoms with Crippen LogP contribution in [0.5, 0.6) is 0 Å². The molecule has 8 nitrogen and oxygen atoms in total. The van der Waals surface area contributed by atoms with E-state index in [9.17, 15) is 10.4 Å². The van der Waals surface area contributed by atoms with Crippen molar-refractivity contribution in [3.8, 4) is 6.07 Å². The van der Waals surface area contributed by atoms with Crippen molar-refractivity contribution in [1.82, 2.24) is 24.3 Å². The number of fused-ring (bicyclic) bond motifs is 1. The summed E-state index contributed by atoms with van der Waals surface area (Å²) in [5.41, 5.74) is 10.4. The van der Waals surface area contributed by atoms with E-state index >= 15 is 0 Å². The molecule has 0 amide bonds. The van der Waals surface area contributed by atoms with Crippen LogP contribution in [-0.2, 0) is 6.54 Å². The first-order chi connectivity index (χ1) is 14.6. The van der Waals surface area contributed by atoms with Crippen molar-refractivity contribution in [1.29, 1.82) is 5.26 Å². The molecule has 152 valence electrons. The van der Waals surface area contributed by atoms with Gasteiger partial charge < -0.3 is 15.4 Å². The Morgan fingerprint density at radius 1 is 1.43 bits per heavy atom. The maximum atomic E-state index is 9.79. The van der Waals surface area contributed by atoms with Crippen molar-refractivity contribution in [3.05, 3.63) is 59.8 Å². The Labute approximate surface area is 174 Å². The van der Waals surface area contributed by atoms with Crippen LogP contribution in [0.3, 0.4) is 0 Å². The van der Waals surface area contributed by atoms with Crippen LogP contribution in [0.15, 0.2) is 48.6 Å². The normalized spacial score (nSPS) is 16.6. The van der Waals surface area contributed by atoms with E-state index in [1.807, 2.05) is 10.6 Å². The molecule has 30 heavy (non-hydrogen) atoms. The maximum Gasteiger partial charge on any atom is 0.146 e. The van der Waals surface area contributed by atoms with Gasteiger partial charge in [-0.15, -0.1) is 0 Å². The lowest BCUT2D eigenvalue weighted by Crippen LogP contribution is -2.07. The van der Waals surface area contributed by atoms with Gasteiger partial charge in [0.2, 0.25) is 0 Å². The highest BCUT2D eigenvalue weighted by molar-refractivity contribution is 5.96. The first-order valence-electron chi connectivity index (χ1n) is 9.84. The maximum absolute atomic E-state index is 9.79. The number of hydrogen-bond acceptors (Lipinski definition) is 6. The lowest BCUT2D eigenvalue weighted by molar-refractivity contribution is 0.280. The quantitative estimate of drug-likeness (QED) is 0.613. The topological polar surface area (TPSA) is 119 Å².